The van der Waals surface area contributed by atoms with Crippen molar-refractivity contribution in [2.45, 2.75) is 116 Å². The van der Waals surface area contributed by atoms with Gasteiger partial charge < -0.3 is 33.9 Å². The standard InChI is InChI=1S/C42H52O13/c1-22-25-10-11-26(18-25)37(22)41(4,54-35(50)20-32(45)46)16-14-27-23-6-8-24(9-7-23)38(27)42(5,55-36(51)21-33(47)48)17-15-28-29-12-13-30(52-29)39(28)40(2,3)53-34(49)19-31(43)44/h6,8,10-13,22-27,37-38H,7,9,14-21H2,1-5H3,(H,43,44)(H,45,46)(H,47,48). The minimum absolute atomic E-state index is 0.00265. The van der Waals surface area contributed by atoms with Gasteiger partial charge >= 0.3 is 35.8 Å². The van der Waals surface area contributed by atoms with E-state index in [1.807, 2.05) is 13.8 Å². The van der Waals surface area contributed by atoms with Crippen LogP contribution in [-0.4, -0.2) is 62.3 Å². The Labute approximate surface area is 319 Å². The van der Waals surface area contributed by atoms with E-state index in [0.717, 1.165) is 24.8 Å². The Morgan fingerprint density at radius 3 is 1.73 bits per heavy atom. The second kappa shape index (κ2) is 15.1. The second-order valence-corrected chi connectivity index (χ2v) is 17.1. The number of hydrogen-bond donors (Lipinski definition) is 3. The Kier molecular flexibility index (Phi) is 11.0. The molecule has 55 heavy (non-hydrogen) atoms. The van der Waals surface area contributed by atoms with Crippen LogP contribution in [0.5, 0.6) is 0 Å². The van der Waals surface area contributed by atoms with Crippen molar-refractivity contribution in [3.05, 3.63) is 47.6 Å². The second-order valence-electron chi connectivity index (χ2n) is 17.1. The van der Waals surface area contributed by atoms with Crippen molar-refractivity contribution in [1.82, 2.24) is 0 Å². The molecule has 3 N–H and O–H groups in total. The molecule has 5 aliphatic rings. The summed E-state index contributed by atoms with van der Waals surface area (Å²) in [6.45, 7) is 9.27. The van der Waals surface area contributed by atoms with Gasteiger partial charge in [0.25, 0.3) is 0 Å². The first-order valence-corrected chi connectivity index (χ1v) is 19.3. The average Bonchev–Trinajstić information content (AvgIpc) is 3.87. The number of furan rings is 2. The Hall–Kier alpha value is -4.68. The summed E-state index contributed by atoms with van der Waals surface area (Å²) < 4.78 is 24.1. The zero-order valence-corrected chi connectivity index (χ0v) is 32.1. The molecule has 0 amide bonds. The third-order valence-electron chi connectivity index (χ3n) is 13.0. The Bertz CT molecular complexity index is 1890. The van der Waals surface area contributed by atoms with E-state index in [1.54, 1.807) is 26.0 Å². The summed E-state index contributed by atoms with van der Waals surface area (Å²) in [6.07, 6.45) is 10.8. The van der Waals surface area contributed by atoms with Gasteiger partial charge in [-0.25, -0.2) is 0 Å². The van der Waals surface area contributed by atoms with Crippen molar-refractivity contribution < 1.29 is 62.7 Å². The van der Waals surface area contributed by atoms with E-state index in [0.29, 0.717) is 41.9 Å². The molecule has 298 valence electrons. The van der Waals surface area contributed by atoms with Gasteiger partial charge in [-0.3, -0.25) is 28.8 Å². The molecular weight excluding hydrogens is 712 g/mol. The molecule has 10 atom stereocenters. The lowest BCUT2D eigenvalue weighted by Gasteiger charge is -2.53. The zero-order valence-electron chi connectivity index (χ0n) is 32.1. The van der Waals surface area contributed by atoms with Crippen LogP contribution in [0.25, 0.3) is 11.2 Å². The van der Waals surface area contributed by atoms with Crippen LogP contribution < -0.4 is 0 Å². The van der Waals surface area contributed by atoms with E-state index in [4.69, 9.17) is 23.7 Å². The van der Waals surface area contributed by atoms with Crippen molar-refractivity contribution >= 4 is 47.0 Å². The third-order valence-corrected chi connectivity index (χ3v) is 13.0. The number of fused-ring (bicyclic) bond motifs is 6. The number of rotatable bonds is 18. The van der Waals surface area contributed by atoms with Crippen LogP contribution in [0, 0.1) is 47.3 Å². The van der Waals surface area contributed by atoms with Crippen LogP contribution in [0.3, 0.4) is 0 Å². The summed E-state index contributed by atoms with van der Waals surface area (Å²) in [7, 11) is 0. The van der Waals surface area contributed by atoms with Crippen LogP contribution in [0.4, 0.5) is 0 Å². The first-order valence-electron chi connectivity index (χ1n) is 19.3. The number of hydrogen-bond acceptors (Lipinski definition) is 10. The number of ether oxygens (including phenoxy) is 3. The molecule has 2 aromatic heterocycles. The number of esters is 3. The van der Waals surface area contributed by atoms with Crippen LogP contribution in [-0.2, 0) is 55.0 Å². The first-order chi connectivity index (χ1) is 25.8. The molecule has 13 heteroatoms. The Balaban J connectivity index is 1.31. The highest BCUT2D eigenvalue weighted by Crippen LogP contribution is 2.57. The Morgan fingerprint density at radius 2 is 1.18 bits per heavy atom. The number of aliphatic carboxylic acids is 3. The van der Waals surface area contributed by atoms with E-state index in [1.165, 1.54) is 0 Å². The number of carbonyl (C=O) groups excluding carboxylic acids is 3. The smallest absolute Gasteiger partial charge is 0.318 e. The summed E-state index contributed by atoms with van der Waals surface area (Å²) in [4.78, 5) is 73.2. The molecule has 2 fully saturated rings. The Morgan fingerprint density at radius 1 is 0.673 bits per heavy atom. The van der Waals surface area contributed by atoms with E-state index in [-0.39, 0.29) is 47.8 Å². The maximum absolute atomic E-state index is 13.3. The van der Waals surface area contributed by atoms with E-state index >= 15 is 0 Å². The van der Waals surface area contributed by atoms with Gasteiger partial charge in [0.1, 0.15) is 47.2 Å². The number of carboxylic acids is 3. The quantitative estimate of drug-likeness (QED) is 0.0628. The van der Waals surface area contributed by atoms with Crippen LogP contribution >= 0.6 is 0 Å². The van der Waals surface area contributed by atoms with Crippen molar-refractivity contribution in [2.24, 2.45) is 47.3 Å². The average molecular weight is 765 g/mol. The summed E-state index contributed by atoms with van der Waals surface area (Å²) >= 11 is 0. The lowest BCUT2D eigenvalue weighted by molar-refractivity contribution is -0.181. The molecule has 0 aliphatic heterocycles. The minimum Gasteiger partial charge on any atom is -0.481 e. The lowest BCUT2D eigenvalue weighted by atomic mass is 9.55. The fourth-order valence-corrected chi connectivity index (χ4v) is 11.0. The lowest BCUT2D eigenvalue weighted by Crippen LogP contribution is -2.53. The number of carbonyl (C=O) groups is 6. The molecular formula is C42H52O13. The van der Waals surface area contributed by atoms with Gasteiger partial charge in [0, 0.05) is 23.0 Å². The normalized spacial score (nSPS) is 28.8. The molecule has 0 radical (unpaired) electrons. The minimum atomic E-state index is -1.31. The third kappa shape index (κ3) is 8.16. The van der Waals surface area contributed by atoms with Gasteiger partial charge in [0.15, 0.2) is 0 Å². The molecule has 6 bridgehead atoms. The molecule has 0 spiro atoms. The number of aryl methyl sites for hydroxylation is 1. The molecule has 5 aliphatic carbocycles. The highest BCUT2D eigenvalue weighted by molar-refractivity contribution is 5.91. The fraction of sp³-hybridized carbons (Fsp3) is 0.619. The van der Waals surface area contributed by atoms with E-state index in [2.05, 4.69) is 31.2 Å². The van der Waals surface area contributed by atoms with Gasteiger partial charge in [-0.15, -0.1) is 0 Å². The predicted octanol–water partition coefficient (Wildman–Crippen LogP) is 6.68. The summed E-state index contributed by atoms with van der Waals surface area (Å²) in [6, 6.07) is 3.55. The summed E-state index contributed by atoms with van der Waals surface area (Å²) in [5.74, 6) is -5.82. The highest BCUT2D eigenvalue weighted by Gasteiger charge is 2.56. The SMILES string of the molecule is CC1C2C=CC(C2)C1C(C)(CCC1C2C=CC(CC2)C1C(C)(CCc1c(C(C)(C)OC(=O)CC(=O)O)c2ccc1o2)OC(=O)CC(=O)O)OC(=O)CC(=O)O. The highest BCUT2D eigenvalue weighted by atomic mass is 16.6. The molecule has 10 unspecified atom stereocenters. The van der Waals surface area contributed by atoms with Gasteiger partial charge in [-0.05, 0) is 120 Å². The summed E-state index contributed by atoms with van der Waals surface area (Å²) in [5.41, 5.74) is -1.08. The van der Waals surface area contributed by atoms with Crippen LogP contribution in [0.1, 0.15) is 104 Å². The molecule has 2 aromatic rings. The fourth-order valence-electron chi connectivity index (χ4n) is 11.0. The van der Waals surface area contributed by atoms with Gasteiger partial charge in [0.05, 0.1) is 0 Å². The zero-order chi connectivity index (χ0) is 40.0. The molecule has 13 nitrogen and oxygen atoms in total. The van der Waals surface area contributed by atoms with Crippen LogP contribution in [0.15, 0.2) is 40.9 Å². The van der Waals surface area contributed by atoms with E-state index < -0.39 is 71.9 Å². The van der Waals surface area contributed by atoms with Gasteiger partial charge in [0.2, 0.25) is 0 Å². The van der Waals surface area contributed by atoms with Crippen molar-refractivity contribution in [2.75, 3.05) is 0 Å². The van der Waals surface area contributed by atoms with E-state index in [9.17, 15) is 39.0 Å². The maximum Gasteiger partial charge on any atom is 0.318 e. The first kappa shape index (κ1) is 40.0. The molecule has 2 saturated carbocycles. The molecule has 0 saturated heterocycles. The van der Waals surface area contributed by atoms with Crippen LogP contribution in [0.2, 0.25) is 0 Å². The molecule has 7 rings (SSSR count). The van der Waals surface area contributed by atoms with Crippen molar-refractivity contribution in [3.8, 4) is 0 Å². The number of benzene rings is 1. The van der Waals surface area contributed by atoms with Gasteiger partial charge in [-0.1, -0.05) is 31.2 Å². The topological polar surface area (TPSA) is 204 Å². The molecule has 2 heterocycles. The van der Waals surface area contributed by atoms with Crippen molar-refractivity contribution in [3.63, 3.8) is 0 Å². The monoisotopic (exact) mass is 764 g/mol. The van der Waals surface area contributed by atoms with Crippen molar-refractivity contribution in [1.29, 1.82) is 0 Å². The largest absolute Gasteiger partial charge is 0.481 e. The van der Waals surface area contributed by atoms with Gasteiger partial charge in [-0.2, -0.15) is 0 Å². The maximum atomic E-state index is 13.3. The number of carboxylic acid groups (broad SMARTS) is 3. The predicted molar refractivity (Wildman–Crippen MR) is 196 cm³/mol. The summed E-state index contributed by atoms with van der Waals surface area (Å²) in [5, 5.41) is 28.1. The molecule has 0 aromatic carbocycles. The number of allylic oxidation sites excluding steroid dienone is 4.